The maximum Gasteiger partial charge on any atom is 0.150 e. The van der Waals surface area contributed by atoms with Crippen molar-refractivity contribution in [2.75, 3.05) is 5.32 Å². The SMILES string of the molecule is CC1CC(Nc2ncnc3c2c(-c2ccccc2)cn3-c2ccc(F)cc2)CC(C)(C)C1. The fraction of sp³-hybridized carbons (Fsp3) is 0.333. The Hall–Kier alpha value is -3.21. The fourth-order valence-electron chi connectivity index (χ4n) is 5.46. The molecular formula is C27H29FN4. The molecule has 2 unspecified atom stereocenters. The van der Waals surface area contributed by atoms with Crippen molar-refractivity contribution < 1.29 is 4.39 Å². The van der Waals surface area contributed by atoms with Gasteiger partial charge in [-0.05, 0) is 60.4 Å². The molecule has 2 aromatic heterocycles. The van der Waals surface area contributed by atoms with Crippen molar-refractivity contribution in [3.05, 3.63) is 72.9 Å². The number of fused-ring (bicyclic) bond motifs is 1. The number of nitrogens with zero attached hydrogens (tertiary/aromatic N) is 3. The van der Waals surface area contributed by atoms with Gasteiger partial charge in [-0.2, -0.15) is 0 Å². The molecular weight excluding hydrogens is 399 g/mol. The van der Waals surface area contributed by atoms with Gasteiger partial charge < -0.3 is 9.88 Å². The van der Waals surface area contributed by atoms with Crippen LogP contribution in [0.5, 0.6) is 0 Å². The molecule has 2 heterocycles. The Kier molecular flexibility index (Phi) is 5.20. The minimum atomic E-state index is -0.250. The molecule has 2 atom stereocenters. The monoisotopic (exact) mass is 428 g/mol. The highest BCUT2D eigenvalue weighted by Gasteiger charge is 2.32. The maximum atomic E-state index is 13.6. The lowest BCUT2D eigenvalue weighted by molar-refractivity contribution is 0.178. The standard InChI is InChI=1S/C27H29FN4/c1-18-13-21(15-27(2,3)14-18)31-25-24-23(19-7-5-4-6-8-19)16-32(26(24)30-17-29-25)22-11-9-20(28)10-12-22/h4-12,16-18,21H,13-15H2,1-3H3,(H,29,30,31). The molecule has 1 aliphatic rings. The summed E-state index contributed by atoms with van der Waals surface area (Å²) < 4.78 is 15.6. The van der Waals surface area contributed by atoms with Crippen LogP contribution in [0.4, 0.5) is 10.2 Å². The van der Waals surface area contributed by atoms with Gasteiger partial charge in [-0.1, -0.05) is 51.1 Å². The van der Waals surface area contributed by atoms with Crippen LogP contribution in [-0.4, -0.2) is 20.6 Å². The van der Waals surface area contributed by atoms with E-state index in [1.165, 1.54) is 18.6 Å². The second kappa shape index (κ2) is 8.05. The molecule has 4 nitrogen and oxygen atoms in total. The van der Waals surface area contributed by atoms with Crippen molar-refractivity contribution in [3.63, 3.8) is 0 Å². The summed E-state index contributed by atoms with van der Waals surface area (Å²) in [5.74, 6) is 1.29. The van der Waals surface area contributed by atoms with Gasteiger partial charge in [0.1, 0.15) is 18.0 Å². The Labute approximate surface area is 188 Å². The first-order valence-corrected chi connectivity index (χ1v) is 11.3. The van der Waals surface area contributed by atoms with E-state index >= 15 is 0 Å². The van der Waals surface area contributed by atoms with Gasteiger partial charge in [0.2, 0.25) is 0 Å². The molecule has 0 amide bonds. The molecule has 1 saturated carbocycles. The number of rotatable bonds is 4. The third-order valence-corrected chi connectivity index (χ3v) is 6.50. The number of aromatic nitrogens is 3. The number of hydrogen-bond acceptors (Lipinski definition) is 3. The van der Waals surface area contributed by atoms with Gasteiger partial charge >= 0.3 is 0 Å². The number of halogens is 1. The summed E-state index contributed by atoms with van der Waals surface area (Å²) in [6.07, 6.45) is 7.20. The zero-order valence-electron chi connectivity index (χ0n) is 18.8. The number of nitrogens with one attached hydrogen (secondary N) is 1. The van der Waals surface area contributed by atoms with E-state index in [4.69, 9.17) is 0 Å². The van der Waals surface area contributed by atoms with Gasteiger partial charge in [-0.3, -0.25) is 0 Å². The average Bonchev–Trinajstić information content (AvgIpc) is 3.14. The lowest BCUT2D eigenvalue weighted by Gasteiger charge is -2.39. The summed E-state index contributed by atoms with van der Waals surface area (Å²) in [6, 6.07) is 17.2. The second-order valence-corrected chi connectivity index (χ2v) is 9.93. The lowest BCUT2D eigenvalue weighted by atomic mass is 9.70. The average molecular weight is 429 g/mol. The molecule has 5 rings (SSSR count). The Balaban J connectivity index is 1.65. The Bertz CT molecular complexity index is 1230. The van der Waals surface area contributed by atoms with Gasteiger partial charge in [0, 0.05) is 23.5 Å². The van der Waals surface area contributed by atoms with Gasteiger partial charge in [0.05, 0.1) is 5.39 Å². The van der Waals surface area contributed by atoms with Crippen molar-refractivity contribution >= 4 is 16.9 Å². The van der Waals surface area contributed by atoms with Crippen molar-refractivity contribution in [2.24, 2.45) is 11.3 Å². The molecule has 1 N–H and O–H groups in total. The van der Waals surface area contributed by atoms with Crippen molar-refractivity contribution in [1.82, 2.24) is 14.5 Å². The van der Waals surface area contributed by atoms with E-state index in [0.29, 0.717) is 17.4 Å². The normalized spacial score (nSPS) is 20.4. The third kappa shape index (κ3) is 3.99. The van der Waals surface area contributed by atoms with Crippen LogP contribution in [-0.2, 0) is 0 Å². The summed E-state index contributed by atoms with van der Waals surface area (Å²) in [5.41, 5.74) is 4.17. The molecule has 164 valence electrons. The Morgan fingerprint density at radius 3 is 2.47 bits per heavy atom. The quantitative estimate of drug-likeness (QED) is 0.386. The predicted molar refractivity (Wildman–Crippen MR) is 128 cm³/mol. The van der Waals surface area contributed by atoms with Crippen LogP contribution in [0.15, 0.2) is 67.1 Å². The molecule has 0 saturated heterocycles. The molecule has 0 spiro atoms. The topological polar surface area (TPSA) is 42.7 Å². The van der Waals surface area contributed by atoms with Gasteiger partial charge in [0.15, 0.2) is 5.65 Å². The first-order valence-electron chi connectivity index (χ1n) is 11.3. The van der Waals surface area contributed by atoms with Crippen LogP contribution in [0.1, 0.15) is 40.0 Å². The van der Waals surface area contributed by atoms with Crippen LogP contribution in [0.3, 0.4) is 0 Å². The molecule has 1 aliphatic carbocycles. The van der Waals surface area contributed by atoms with E-state index in [9.17, 15) is 4.39 Å². The van der Waals surface area contributed by atoms with Crippen LogP contribution in [0.2, 0.25) is 0 Å². The summed E-state index contributed by atoms with van der Waals surface area (Å²) in [4.78, 5) is 9.33. The number of hydrogen-bond donors (Lipinski definition) is 1. The van der Waals surface area contributed by atoms with E-state index in [0.717, 1.165) is 46.5 Å². The van der Waals surface area contributed by atoms with Crippen molar-refractivity contribution in [2.45, 2.75) is 46.1 Å². The maximum absolute atomic E-state index is 13.6. The van der Waals surface area contributed by atoms with E-state index in [1.54, 1.807) is 18.5 Å². The molecule has 0 aliphatic heterocycles. The number of anilines is 1. The summed E-state index contributed by atoms with van der Waals surface area (Å²) in [5, 5.41) is 4.77. The van der Waals surface area contributed by atoms with Crippen LogP contribution >= 0.6 is 0 Å². The van der Waals surface area contributed by atoms with Crippen molar-refractivity contribution in [1.29, 1.82) is 0 Å². The van der Waals surface area contributed by atoms with E-state index in [1.807, 2.05) is 22.8 Å². The molecule has 1 fully saturated rings. The molecule has 32 heavy (non-hydrogen) atoms. The molecule has 0 radical (unpaired) electrons. The first kappa shape index (κ1) is 20.7. The zero-order valence-corrected chi connectivity index (χ0v) is 18.8. The zero-order chi connectivity index (χ0) is 22.3. The molecule has 2 aromatic carbocycles. The third-order valence-electron chi connectivity index (χ3n) is 6.50. The highest BCUT2D eigenvalue weighted by Crippen LogP contribution is 2.41. The van der Waals surface area contributed by atoms with E-state index in [-0.39, 0.29) is 5.82 Å². The van der Waals surface area contributed by atoms with Crippen LogP contribution in [0.25, 0.3) is 27.8 Å². The van der Waals surface area contributed by atoms with E-state index < -0.39 is 0 Å². The molecule has 0 bridgehead atoms. The second-order valence-electron chi connectivity index (χ2n) is 9.93. The number of benzene rings is 2. The molecule has 5 heteroatoms. The van der Waals surface area contributed by atoms with Gasteiger partial charge in [-0.15, -0.1) is 0 Å². The largest absolute Gasteiger partial charge is 0.367 e. The van der Waals surface area contributed by atoms with E-state index in [2.05, 4.69) is 54.4 Å². The lowest BCUT2D eigenvalue weighted by Crippen LogP contribution is -2.35. The Morgan fingerprint density at radius 1 is 1.00 bits per heavy atom. The minimum Gasteiger partial charge on any atom is -0.367 e. The fourth-order valence-corrected chi connectivity index (χ4v) is 5.46. The molecule has 4 aromatic rings. The van der Waals surface area contributed by atoms with Crippen LogP contribution < -0.4 is 5.32 Å². The highest BCUT2D eigenvalue weighted by molar-refractivity contribution is 6.02. The van der Waals surface area contributed by atoms with Crippen molar-refractivity contribution in [3.8, 4) is 16.8 Å². The smallest absolute Gasteiger partial charge is 0.150 e. The first-order chi connectivity index (χ1) is 15.4. The van der Waals surface area contributed by atoms with Crippen LogP contribution in [0, 0.1) is 17.2 Å². The summed E-state index contributed by atoms with van der Waals surface area (Å²) >= 11 is 0. The minimum absolute atomic E-state index is 0.250. The van der Waals surface area contributed by atoms with Gasteiger partial charge in [0.25, 0.3) is 0 Å². The summed E-state index contributed by atoms with van der Waals surface area (Å²) in [6.45, 7) is 7.05. The highest BCUT2D eigenvalue weighted by atomic mass is 19.1. The Morgan fingerprint density at radius 2 is 1.75 bits per heavy atom. The van der Waals surface area contributed by atoms with Gasteiger partial charge in [-0.25, -0.2) is 14.4 Å². The summed E-state index contributed by atoms with van der Waals surface area (Å²) in [7, 11) is 0. The predicted octanol–water partition coefficient (Wildman–Crippen LogP) is 6.85.